The minimum absolute atomic E-state index is 0.0584. The van der Waals surface area contributed by atoms with Gasteiger partial charge in [0.2, 0.25) is 5.91 Å². The highest BCUT2D eigenvalue weighted by atomic mass is 16.5. The van der Waals surface area contributed by atoms with Gasteiger partial charge < -0.3 is 14.7 Å². The van der Waals surface area contributed by atoms with Gasteiger partial charge in [-0.25, -0.2) is 0 Å². The molecule has 1 aliphatic heterocycles. The van der Waals surface area contributed by atoms with Crippen molar-refractivity contribution in [2.75, 3.05) is 19.6 Å². The Balaban J connectivity index is 1.59. The summed E-state index contributed by atoms with van der Waals surface area (Å²) in [6.07, 6.45) is 5.00. The maximum atomic E-state index is 13.2. The third-order valence-electron chi connectivity index (χ3n) is 6.01. The number of nitrogens with one attached hydrogen (secondary N) is 1. The van der Waals surface area contributed by atoms with Gasteiger partial charge in [-0.1, -0.05) is 35.0 Å². The average Bonchev–Trinajstić information content (AvgIpc) is 3.28. The Kier molecular flexibility index (Phi) is 6.35. The number of aryl methyl sites for hydroxylation is 1. The smallest absolute Gasteiger partial charge is 0.255 e. The van der Waals surface area contributed by atoms with E-state index >= 15 is 0 Å². The number of piperidine rings is 1. The number of carbonyl (C=O) groups is 2. The lowest BCUT2D eigenvalue weighted by Gasteiger charge is -2.41. The van der Waals surface area contributed by atoms with Crippen LogP contribution in [0.4, 0.5) is 0 Å². The van der Waals surface area contributed by atoms with Crippen LogP contribution in [-0.2, 0) is 11.2 Å². The summed E-state index contributed by atoms with van der Waals surface area (Å²) in [4.78, 5) is 32.1. The van der Waals surface area contributed by atoms with Gasteiger partial charge in [-0.3, -0.25) is 14.6 Å². The van der Waals surface area contributed by atoms with E-state index in [0.717, 1.165) is 17.7 Å². The van der Waals surface area contributed by atoms with Crippen molar-refractivity contribution >= 4 is 11.8 Å². The standard InChI is InChI=1S/C25H28N4O3/c1-3-27-24(31)25(11-5-13-29(17-25)23(30)20-6-4-12-26-16-20)15-21-14-22(28-32-21)19-9-7-18(2)8-10-19/h4,6-10,12,14,16H,3,5,11,13,15,17H2,1-2H3,(H,27,31)/t25-/m1/s1. The largest absolute Gasteiger partial charge is 0.361 e. The Bertz CT molecular complexity index is 1080. The SMILES string of the molecule is CCNC(=O)[C@@]1(Cc2cc(-c3ccc(C)cc3)no2)CCCN(C(=O)c2cccnc2)C1. The van der Waals surface area contributed by atoms with Crippen molar-refractivity contribution in [2.45, 2.75) is 33.1 Å². The van der Waals surface area contributed by atoms with Gasteiger partial charge in [0.15, 0.2) is 0 Å². The second-order valence-electron chi connectivity index (χ2n) is 8.43. The van der Waals surface area contributed by atoms with E-state index in [2.05, 4.69) is 15.5 Å². The van der Waals surface area contributed by atoms with Crippen molar-refractivity contribution in [2.24, 2.45) is 5.41 Å². The van der Waals surface area contributed by atoms with Crippen molar-refractivity contribution in [3.63, 3.8) is 0 Å². The summed E-state index contributed by atoms with van der Waals surface area (Å²) in [5.41, 5.74) is 2.64. The predicted octanol–water partition coefficient (Wildman–Crippen LogP) is 3.65. The van der Waals surface area contributed by atoms with Crippen LogP contribution in [0.15, 0.2) is 59.4 Å². The molecule has 1 N–H and O–H groups in total. The first-order chi connectivity index (χ1) is 15.5. The van der Waals surface area contributed by atoms with E-state index in [1.807, 2.05) is 44.2 Å². The first-order valence-electron chi connectivity index (χ1n) is 11.0. The molecule has 32 heavy (non-hydrogen) atoms. The van der Waals surface area contributed by atoms with Crippen LogP contribution in [-0.4, -0.2) is 46.5 Å². The number of likely N-dealkylation sites (tertiary alicyclic amines) is 1. The highest BCUT2D eigenvalue weighted by molar-refractivity contribution is 5.94. The molecule has 0 spiro atoms. The number of nitrogens with zero attached hydrogens (tertiary/aromatic N) is 3. The molecule has 0 bridgehead atoms. The van der Waals surface area contributed by atoms with E-state index in [1.54, 1.807) is 29.4 Å². The fourth-order valence-corrected chi connectivity index (χ4v) is 4.33. The summed E-state index contributed by atoms with van der Waals surface area (Å²) >= 11 is 0. The second-order valence-corrected chi connectivity index (χ2v) is 8.43. The minimum atomic E-state index is -0.768. The van der Waals surface area contributed by atoms with Gasteiger partial charge >= 0.3 is 0 Å². The van der Waals surface area contributed by atoms with Gasteiger partial charge in [-0.05, 0) is 38.8 Å². The van der Waals surface area contributed by atoms with Gasteiger partial charge in [-0.15, -0.1) is 0 Å². The van der Waals surface area contributed by atoms with Gasteiger partial charge in [0, 0.05) is 50.1 Å². The summed E-state index contributed by atoms with van der Waals surface area (Å²) < 4.78 is 5.64. The first kappa shape index (κ1) is 21.7. The molecular weight excluding hydrogens is 404 g/mol. The molecule has 0 aliphatic carbocycles. The molecule has 0 saturated carbocycles. The number of rotatable bonds is 6. The minimum Gasteiger partial charge on any atom is -0.361 e. The molecule has 1 saturated heterocycles. The van der Waals surface area contributed by atoms with E-state index < -0.39 is 5.41 Å². The van der Waals surface area contributed by atoms with Crippen LogP contribution >= 0.6 is 0 Å². The van der Waals surface area contributed by atoms with Crippen LogP contribution in [0, 0.1) is 12.3 Å². The second kappa shape index (κ2) is 9.34. The van der Waals surface area contributed by atoms with Crippen LogP contribution in [0.1, 0.15) is 41.4 Å². The number of benzene rings is 1. The van der Waals surface area contributed by atoms with E-state index in [9.17, 15) is 9.59 Å². The van der Waals surface area contributed by atoms with E-state index in [1.165, 1.54) is 5.56 Å². The normalized spacial score (nSPS) is 18.4. The summed E-state index contributed by atoms with van der Waals surface area (Å²) in [5, 5.41) is 7.19. The monoisotopic (exact) mass is 432 g/mol. The molecule has 0 radical (unpaired) electrons. The van der Waals surface area contributed by atoms with Crippen LogP contribution in [0.25, 0.3) is 11.3 Å². The first-order valence-corrected chi connectivity index (χ1v) is 11.0. The number of carbonyl (C=O) groups excluding carboxylic acids is 2. The number of hydrogen-bond acceptors (Lipinski definition) is 5. The molecule has 166 valence electrons. The zero-order valence-electron chi connectivity index (χ0n) is 18.5. The molecule has 1 fully saturated rings. The van der Waals surface area contributed by atoms with Gasteiger partial charge in [-0.2, -0.15) is 0 Å². The molecule has 1 aliphatic rings. The topological polar surface area (TPSA) is 88.3 Å². The lowest BCUT2D eigenvalue weighted by atomic mass is 9.75. The highest BCUT2D eigenvalue weighted by Gasteiger charge is 2.44. The third kappa shape index (κ3) is 4.56. The van der Waals surface area contributed by atoms with Crippen LogP contribution in [0.2, 0.25) is 0 Å². The fourth-order valence-electron chi connectivity index (χ4n) is 4.33. The molecule has 3 heterocycles. The van der Waals surface area contributed by atoms with E-state index in [4.69, 9.17) is 4.52 Å². The summed E-state index contributed by atoms with van der Waals surface area (Å²) in [5.74, 6) is 0.476. The Morgan fingerprint density at radius 3 is 2.75 bits per heavy atom. The van der Waals surface area contributed by atoms with Crippen LogP contribution in [0.3, 0.4) is 0 Å². The van der Waals surface area contributed by atoms with E-state index in [-0.39, 0.29) is 11.8 Å². The highest BCUT2D eigenvalue weighted by Crippen LogP contribution is 2.36. The van der Waals surface area contributed by atoms with Crippen molar-refractivity contribution < 1.29 is 14.1 Å². The lowest BCUT2D eigenvalue weighted by Crippen LogP contribution is -2.54. The van der Waals surface area contributed by atoms with Gasteiger partial charge in [0.1, 0.15) is 11.5 Å². The molecular formula is C25H28N4O3. The Morgan fingerprint density at radius 1 is 1.22 bits per heavy atom. The predicted molar refractivity (Wildman–Crippen MR) is 121 cm³/mol. The van der Waals surface area contributed by atoms with Crippen LogP contribution in [0.5, 0.6) is 0 Å². The van der Waals surface area contributed by atoms with Crippen molar-refractivity contribution in [3.05, 3.63) is 71.7 Å². The lowest BCUT2D eigenvalue weighted by molar-refractivity contribution is -0.133. The maximum Gasteiger partial charge on any atom is 0.255 e. The van der Waals surface area contributed by atoms with Crippen LogP contribution < -0.4 is 5.32 Å². The summed E-state index contributed by atoms with van der Waals surface area (Å²) in [6.45, 7) is 5.40. The fraction of sp³-hybridized carbons (Fsp3) is 0.360. The number of aromatic nitrogens is 2. The quantitative estimate of drug-likeness (QED) is 0.642. The average molecular weight is 433 g/mol. The Hall–Kier alpha value is -3.48. The summed E-state index contributed by atoms with van der Waals surface area (Å²) in [6, 6.07) is 13.5. The van der Waals surface area contributed by atoms with Gasteiger partial charge in [0.25, 0.3) is 5.91 Å². The van der Waals surface area contributed by atoms with E-state index in [0.29, 0.717) is 43.8 Å². The summed E-state index contributed by atoms with van der Waals surface area (Å²) in [7, 11) is 0. The Labute approximate surface area is 187 Å². The maximum absolute atomic E-state index is 13.2. The molecule has 7 nitrogen and oxygen atoms in total. The molecule has 4 rings (SSSR count). The zero-order chi connectivity index (χ0) is 22.6. The molecule has 2 aromatic heterocycles. The van der Waals surface area contributed by atoms with Crippen molar-refractivity contribution in [3.8, 4) is 11.3 Å². The molecule has 2 amide bonds. The third-order valence-corrected chi connectivity index (χ3v) is 6.01. The molecule has 3 aromatic rings. The molecule has 1 atom stereocenters. The van der Waals surface area contributed by atoms with Gasteiger partial charge in [0.05, 0.1) is 11.0 Å². The zero-order valence-corrected chi connectivity index (χ0v) is 18.5. The number of pyridine rings is 1. The number of amides is 2. The molecule has 7 heteroatoms. The number of hydrogen-bond donors (Lipinski definition) is 1. The van der Waals surface area contributed by atoms with Crippen molar-refractivity contribution in [1.82, 2.24) is 20.4 Å². The Morgan fingerprint density at radius 2 is 2.03 bits per heavy atom. The molecule has 1 aromatic carbocycles. The molecule has 0 unspecified atom stereocenters. The van der Waals surface area contributed by atoms with Crippen molar-refractivity contribution in [1.29, 1.82) is 0 Å².